The lowest BCUT2D eigenvalue weighted by Crippen LogP contribution is -2.21. The Morgan fingerprint density at radius 2 is 2.38 bits per heavy atom. The molecule has 2 nitrogen and oxygen atoms in total. The normalized spacial score (nSPS) is 20.3. The van der Waals surface area contributed by atoms with Crippen LogP contribution in [0.15, 0.2) is 17.5 Å². The largest absolute Gasteiger partial charge is 0.378 e. The molecule has 21 heavy (non-hydrogen) atoms. The first-order valence-corrected chi connectivity index (χ1v) is 9.88. The average Bonchev–Trinajstić information content (AvgIpc) is 3.18. The van der Waals surface area contributed by atoms with Gasteiger partial charge in [0.25, 0.3) is 0 Å². The van der Waals surface area contributed by atoms with Crippen LogP contribution in [0.25, 0.3) is 9.40 Å². The predicted molar refractivity (Wildman–Crippen MR) is 93.6 cm³/mol. The molecular weight excluding hydrogens is 298 g/mol. The zero-order valence-electron chi connectivity index (χ0n) is 12.8. The van der Waals surface area contributed by atoms with Gasteiger partial charge in [-0.3, -0.25) is 0 Å². The Labute approximate surface area is 135 Å². The van der Waals surface area contributed by atoms with E-state index in [1.165, 1.54) is 52.8 Å². The zero-order valence-corrected chi connectivity index (χ0v) is 14.4. The van der Waals surface area contributed by atoms with Crippen molar-refractivity contribution in [2.45, 2.75) is 57.6 Å². The van der Waals surface area contributed by atoms with E-state index in [1.54, 1.807) is 0 Å². The van der Waals surface area contributed by atoms with Gasteiger partial charge in [0, 0.05) is 26.9 Å². The van der Waals surface area contributed by atoms with Gasteiger partial charge in [0.1, 0.15) is 0 Å². The first kappa shape index (κ1) is 15.5. The molecule has 2 unspecified atom stereocenters. The summed E-state index contributed by atoms with van der Waals surface area (Å²) >= 11 is 3.82. The van der Waals surface area contributed by atoms with Gasteiger partial charge < -0.3 is 10.1 Å². The van der Waals surface area contributed by atoms with Crippen LogP contribution < -0.4 is 5.32 Å². The molecule has 1 fully saturated rings. The van der Waals surface area contributed by atoms with Crippen LogP contribution in [0.5, 0.6) is 0 Å². The Morgan fingerprint density at radius 3 is 3.14 bits per heavy atom. The topological polar surface area (TPSA) is 21.3 Å². The van der Waals surface area contributed by atoms with E-state index in [2.05, 4.69) is 29.8 Å². The van der Waals surface area contributed by atoms with Crippen LogP contribution in [0, 0.1) is 0 Å². The second-order valence-corrected chi connectivity index (χ2v) is 7.93. The average molecular weight is 324 g/mol. The molecule has 0 bridgehead atoms. The summed E-state index contributed by atoms with van der Waals surface area (Å²) in [7, 11) is 0. The molecule has 0 amide bonds. The van der Waals surface area contributed by atoms with Gasteiger partial charge in [-0.25, -0.2) is 0 Å². The minimum absolute atomic E-state index is 0.524. The van der Waals surface area contributed by atoms with E-state index in [0.29, 0.717) is 12.1 Å². The van der Waals surface area contributed by atoms with Gasteiger partial charge in [-0.2, -0.15) is 0 Å². The molecule has 1 saturated heterocycles. The lowest BCUT2D eigenvalue weighted by Gasteiger charge is -2.18. The third-order valence-corrected chi connectivity index (χ3v) is 6.39. The Balaban J connectivity index is 1.58. The molecule has 0 aromatic carbocycles. The van der Waals surface area contributed by atoms with Crippen molar-refractivity contribution in [3.63, 3.8) is 0 Å². The Morgan fingerprint density at radius 1 is 1.43 bits per heavy atom. The van der Waals surface area contributed by atoms with Crippen molar-refractivity contribution in [1.29, 1.82) is 0 Å². The molecule has 1 aliphatic heterocycles. The van der Waals surface area contributed by atoms with E-state index in [-0.39, 0.29) is 0 Å². The van der Waals surface area contributed by atoms with Crippen LogP contribution in [-0.2, 0) is 4.74 Å². The fourth-order valence-corrected chi connectivity index (χ4v) is 5.27. The van der Waals surface area contributed by atoms with Gasteiger partial charge >= 0.3 is 0 Å². The van der Waals surface area contributed by atoms with Gasteiger partial charge in [0.2, 0.25) is 0 Å². The summed E-state index contributed by atoms with van der Waals surface area (Å²) in [5, 5.41) is 5.93. The van der Waals surface area contributed by atoms with Gasteiger partial charge in [-0.1, -0.05) is 6.92 Å². The van der Waals surface area contributed by atoms with Crippen LogP contribution in [-0.4, -0.2) is 19.3 Å². The summed E-state index contributed by atoms with van der Waals surface area (Å²) in [4.78, 5) is 1.51. The molecular formula is C17H25NOS2. The smallest absolute Gasteiger partial charge is 0.0576 e. The number of thiophene rings is 2. The minimum Gasteiger partial charge on any atom is -0.378 e. The van der Waals surface area contributed by atoms with Crippen LogP contribution in [0.3, 0.4) is 0 Å². The first-order valence-electron chi connectivity index (χ1n) is 8.18. The summed E-state index contributed by atoms with van der Waals surface area (Å²) < 4.78 is 8.63. The van der Waals surface area contributed by atoms with Crippen molar-refractivity contribution >= 4 is 32.1 Å². The van der Waals surface area contributed by atoms with E-state index in [9.17, 15) is 0 Å². The molecule has 3 heterocycles. The van der Waals surface area contributed by atoms with E-state index < -0.39 is 0 Å². The van der Waals surface area contributed by atoms with Crippen LogP contribution >= 0.6 is 22.7 Å². The van der Waals surface area contributed by atoms with Crippen molar-refractivity contribution in [2.75, 3.05) is 13.2 Å². The first-order chi connectivity index (χ1) is 10.4. The minimum atomic E-state index is 0.524. The highest BCUT2D eigenvalue weighted by Crippen LogP contribution is 2.35. The molecule has 2 aromatic rings. The van der Waals surface area contributed by atoms with E-state index in [1.807, 2.05) is 22.7 Å². The SMILES string of the molecule is CCCNC(CCCC1CCCO1)c1cc2sccc2s1. The van der Waals surface area contributed by atoms with Crippen LogP contribution in [0.2, 0.25) is 0 Å². The Hall–Kier alpha value is -0.420. The third kappa shape index (κ3) is 4.07. The highest BCUT2D eigenvalue weighted by molar-refractivity contribution is 7.26. The zero-order chi connectivity index (χ0) is 14.5. The summed E-state index contributed by atoms with van der Waals surface area (Å²) in [5.74, 6) is 0. The quantitative estimate of drug-likeness (QED) is 0.707. The maximum atomic E-state index is 5.74. The molecule has 1 N–H and O–H groups in total. The number of rotatable bonds is 8. The summed E-state index contributed by atoms with van der Waals surface area (Å²) in [6, 6.07) is 5.16. The fourth-order valence-electron chi connectivity index (χ4n) is 3.04. The van der Waals surface area contributed by atoms with Crippen LogP contribution in [0.1, 0.15) is 56.4 Å². The number of ether oxygens (including phenoxy) is 1. The lowest BCUT2D eigenvalue weighted by molar-refractivity contribution is 0.101. The Kier molecular flexibility index (Phi) is 5.69. The molecule has 0 spiro atoms. The number of fused-ring (bicyclic) bond motifs is 1. The fraction of sp³-hybridized carbons (Fsp3) is 0.647. The van der Waals surface area contributed by atoms with Gasteiger partial charge in [0.05, 0.1) is 6.10 Å². The standard InChI is InChI=1S/C17H25NOS2/c1-2-9-18-14(7-3-5-13-6-4-10-19-13)16-12-17-15(21-16)8-11-20-17/h8,11-14,18H,2-7,9-10H2,1H3. The predicted octanol–water partition coefficient (Wildman–Crippen LogP) is 5.35. The Bertz CT molecular complexity index is 513. The molecule has 1 aliphatic rings. The molecule has 116 valence electrons. The number of hydrogen-bond acceptors (Lipinski definition) is 4. The maximum Gasteiger partial charge on any atom is 0.0576 e. The third-order valence-electron chi connectivity index (χ3n) is 4.19. The van der Waals surface area contributed by atoms with Crippen LogP contribution in [0.4, 0.5) is 0 Å². The second-order valence-electron chi connectivity index (χ2n) is 5.87. The van der Waals surface area contributed by atoms with Gasteiger partial charge in [0.15, 0.2) is 0 Å². The monoisotopic (exact) mass is 323 g/mol. The highest BCUT2D eigenvalue weighted by atomic mass is 32.1. The molecule has 0 saturated carbocycles. The van der Waals surface area contributed by atoms with Crippen molar-refractivity contribution in [1.82, 2.24) is 5.32 Å². The lowest BCUT2D eigenvalue weighted by atomic mass is 10.0. The van der Waals surface area contributed by atoms with Crippen molar-refractivity contribution in [3.05, 3.63) is 22.4 Å². The molecule has 4 heteroatoms. The molecule has 0 radical (unpaired) electrons. The summed E-state index contributed by atoms with van der Waals surface area (Å²) in [5.41, 5.74) is 0. The van der Waals surface area contributed by atoms with Crippen molar-refractivity contribution < 1.29 is 4.74 Å². The molecule has 0 aliphatic carbocycles. The molecule has 3 rings (SSSR count). The molecule has 2 atom stereocenters. The maximum absolute atomic E-state index is 5.74. The highest BCUT2D eigenvalue weighted by Gasteiger charge is 2.18. The van der Waals surface area contributed by atoms with Gasteiger partial charge in [-0.05, 0) is 62.6 Å². The number of hydrogen-bond donors (Lipinski definition) is 1. The summed E-state index contributed by atoms with van der Waals surface area (Å²) in [6.45, 7) is 4.32. The second kappa shape index (κ2) is 7.73. The molecule has 2 aromatic heterocycles. The number of nitrogens with one attached hydrogen (secondary N) is 1. The van der Waals surface area contributed by atoms with Crippen molar-refractivity contribution in [3.8, 4) is 0 Å². The van der Waals surface area contributed by atoms with E-state index in [4.69, 9.17) is 4.74 Å². The van der Waals surface area contributed by atoms with E-state index >= 15 is 0 Å². The van der Waals surface area contributed by atoms with E-state index in [0.717, 1.165) is 13.2 Å². The summed E-state index contributed by atoms with van der Waals surface area (Å²) in [6.07, 6.45) is 7.96. The van der Waals surface area contributed by atoms with Gasteiger partial charge in [-0.15, -0.1) is 22.7 Å². The van der Waals surface area contributed by atoms with Crippen molar-refractivity contribution in [2.24, 2.45) is 0 Å².